The highest BCUT2D eigenvalue weighted by Crippen LogP contribution is 2.34. The molecule has 3 aromatic rings. The van der Waals surface area contributed by atoms with Gasteiger partial charge in [-0.3, -0.25) is 4.79 Å². The van der Waals surface area contributed by atoms with E-state index in [2.05, 4.69) is 22.4 Å². The van der Waals surface area contributed by atoms with Gasteiger partial charge in [0.15, 0.2) is 0 Å². The summed E-state index contributed by atoms with van der Waals surface area (Å²) >= 11 is 0. The highest BCUT2D eigenvalue weighted by atomic mass is 32.2. The van der Waals surface area contributed by atoms with Crippen molar-refractivity contribution in [1.82, 2.24) is 14.6 Å². The Hall–Kier alpha value is -3.51. The molecule has 11 heteroatoms. The number of phenolic OH excluding ortho intramolecular Hbond substituents is 1. The zero-order valence-corrected chi connectivity index (χ0v) is 25.1. The molecule has 1 aliphatic heterocycles. The molecule has 0 saturated carbocycles. The summed E-state index contributed by atoms with van der Waals surface area (Å²) < 4.78 is 37.7. The Kier molecular flexibility index (Phi) is 10.2. The van der Waals surface area contributed by atoms with Crippen molar-refractivity contribution in [2.45, 2.75) is 37.4 Å². The molecule has 42 heavy (non-hydrogen) atoms. The Bertz CT molecular complexity index is 1490. The minimum absolute atomic E-state index is 0.0382. The minimum atomic E-state index is -3.95. The van der Waals surface area contributed by atoms with Crippen molar-refractivity contribution in [3.05, 3.63) is 77.4 Å². The molecule has 226 valence electrons. The maximum absolute atomic E-state index is 13.6. The lowest BCUT2D eigenvalue weighted by Crippen LogP contribution is -2.56. The Morgan fingerprint density at radius 1 is 1.10 bits per heavy atom. The van der Waals surface area contributed by atoms with E-state index in [1.165, 1.54) is 23.4 Å². The molecule has 1 aliphatic rings. The molecule has 0 aliphatic carbocycles. The van der Waals surface area contributed by atoms with E-state index in [0.29, 0.717) is 45.0 Å². The normalized spacial score (nSPS) is 16.1. The zero-order chi connectivity index (χ0) is 30.3. The molecule has 0 spiro atoms. The molecule has 4 rings (SSSR count). The molecule has 3 N–H and O–H groups in total. The van der Waals surface area contributed by atoms with Gasteiger partial charge in [0.2, 0.25) is 15.9 Å². The van der Waals surface area contributed by atoms with Crippen LogP contribution in [0.1, 0.15) is 47.2 Å². The Labute approximate surface area is 247 Å². The van der Waals surface area contributed by atoms with Crippen molar-refractivity contribution < 1.29 is 32.9 Å². The van der Waals surface area contributed by atoms with Crippen LogP contribution in [0.2, 0.25) is 0 Å². The fraction of sp³-hybridized carbons (Fsp3) is 0.419. The SMILES string of the molecule is COCCOc1cccc(-c2ccc(C3CCN(S(=O)(=O)C(C)(CO)CNC(=O)c4ccccc4O)CC3)cc2C)n1. The second-order valence-electron chi connectivity index (χ2n) is 10.8. The average molecular weight is 598 g/mol. The average Bonchev–Trinajstić information content (AvgIpc) is 3.00. The van der Waals surface area contributed by atoms with E-state index in [1.807, 2.05) is 31.2 Å². The van der Waals surface area contributed by atoms with Gasteiger partial charge in [0.25, 0.3) is 5.91 Å². The topological polar surface area (TPSA) is 138 Å². The van der Waals surface area contributed by atoms with Gasteiger partial charge in [-0.15, -0.1) is 0 Å². The monoisotopic (exact) mass is 597 g/mol. The molecule has 1 amide bonds. The molecule has 1 unspecified atom stereocenters. The number of para-hydroxylation sites is 1. The summed E-state index contributed by atoms with van der Waals surface area (Å²) in [5.41, 5.74) is 4.06. The summed E-state index contributed by atoms with van der Waals surface area (Å²) in [6.07, 6.45) is 1.26. The number of rotatable bonds is 12. The summed E-state index contributed by atoms with van der Waals surface area (Å²) in [7, 11) is -2.33. The zero-order valence-electron chi connectivity index (χ0n) is 24.2. The van der Waals surface area contributed by atoms with Crippen LogP contribution in [0.15, 0.2) is 60.7 Å². The van der Waals surface area contributed by atoms with Gasteiger partial charge in [-0.25, -0.2) is 17.7 Å². The second kappa shape index (κ2) is 13.6. The lowest BCUT2D eigenvalue weighted by molar-refractivity contribution is 0.0942. The van der Waals surface area contributed by atoms with E-state index in [1.54, 1.807) is 19.2 Å². The Morgan fingerprint density at radius 2 is 1.83 bits per heavy atom. The van der Waals surface area contributed by atoms with Gasteiger partial charge in [0, 0.05) is 38.4 Å². The third kappa shape index (κ3) is 6.92. The maximum atomic E-state index is 13.6. The van der Waals surface area contributed by atoms with E-state index >= 15 is 0 Å². The van der Waals surface area contributed by atoms with Gasteiger partial charge in [-0.1, -0.05) is 36.4 Å². The Balaban J connectivity index is 1.39. The summed E-state index contributed by atoms with van der Waals surface area (Å²) in [5.74, 6) is -0.0945. The summed E-state index contributed by atoms with van der Waals surface area (Å²) in [4.78, 5) is 17.2. The molecule has 1 aromatic heterocycles. The predicted molar refractivity (Wildman–Crippen MR) is 160 cm³/mol. The smallest absolute Gasteiger partial charge is 0.255 e. The number of sulfonamides is 1. The van der Waals surface area contributed by atoms with Crippen molar-refractivity contribution in [3.63, 3.8) is 0 Å². The van der Waals surface area contributed by atoms with Gasteiger partial charge >= 0.3 is 0 Å². The highest BCUT2D eigenvalue weighted by Gasteiger charge is 2.44. The third-order valence-corrected chi connectivity index (χ3v) is 10.3. The summed E-state index contributed by atoms with van der Waals surface area (Å²) in [6.45, 7) is 4.01. The molecule has 2 aromatic carbocycles. The molecular formula is C31H39N3O7S. The van der Waals surface area contributed by atoms with E-state index in [-0.39, 0.29) is 23.8 Å². The number of benzene rings is 2. The number of aliphatic hydroxyl groups excluding tert-OH is 1. The van der Waals surface area contributed by atoms with Crippen LogP contribution in [0.3, 0.4) is 0 Å². The lowest BCUT2D eigenvalue weighted by Gasteiger charge is -2.38. The number of aliphatic hydroxyl groups is 1. The van der Waals surface area contributed by atoms with Crippen LogP contribution in [0.5, 0.6) is 11.6 Å². The van der Waals surface area contributed by atoms with Crippen molar-refractivity contribution in [1.29, 1.82) is 0 Å². The predicted octanol–water partition coefficient (Wildman–Crippen LogP) is 3.48. The fourth-order valence-corrected chi connectivity index (χ4v) is 6.83. The number of pyridine rings is 1. The van der Waals surface area contributed by atoms with Crippen LogP contribution < -0.4 is 10.1 Å². The van der Waals surface area contributed by atoms with Gasteiger partial charge in [0.05, 0.1) is 24.5 Å². The second-order valence-corrected chi connectivity index (χ2v) is 13.2. The maximum Gasteiger partial charge on any atom is 0.255 e. The van der Waals surface area contributed by atoms with Crippen LogP contribution in [0, 0.1) is 6.92 Å². The molecule has 1 fully saturated rings. The number of aromatic hydroxyl groups is 1. The molecule has 0 bridgehead atoms. The van der Waals surface area contributed by atoms with Gasteiger partial charge in [-0.05, 0) is 61.9 Å². The van der Waals surface area contributed by atoms with Crippen molar-refractivity contribution in [3.8, 4) is 22.9 Å². The number of nitrogens with one attached hydrogen (secondary N) is 1. The largest absolute Gasteiger partial charge is 0.507 e. The van der Waals surface area contributed by atoms with Gasteiger partial charge < -0.3 is 25.0 Å². The third-order valence-electron chi connectivity index (χ3n) is 7.78. The number of methoxy groups -OCH3 is 1. The van der Waals surface area contributed by atoms with Crippen LogP contribution in [-0.4, -0.2) is 85.1 Å². The number of piperidine rings is 1. The van der Waals surface area contributed by atoms with Crippen LogP contribution >= 0.6 is 0 Å². The summed E-state index contributed by atoms with van der Waals surface area (Å²) in [6, 6.07) is 17.9. The standard InChI is InChI=1S/C31H39N3O7S/c1-22-19-24(11-12-25(22)27-8-6-10-29(33-27)41-18-17-40-3)23-13-15-34(16-14-23)42(38,39)31(2,21-35)20-32-30(37)26-7-4-5-9-28(26)36/h4-12,19,23,35-36H,13-18,20-21H2,1-3H3,(H,32,37). The molecule has 0 radical (unpaired) electrons. The number of hydrogen-bond donors (Lipinski definition) is 3. The summed E-state index contributed by atoms with van der Waals surface area (Å²) in [5, 5.41) is 22.6. The first kappa shape index (κ1) is 31.4. The van der Waals surface area contributed by atoms with Crippen molar-refractivity contribution >= 4 is 15.9 Å². The van der Waals surface area contributed by atoms with Crippen LogP contribution in [-0.2, 0) is 14.8 Å². The number of aryl methyl sites for hydroxylation is 1. The molecule has 10 nitrogen and oxygen atoms in total. The van der Waals surface area contributed by atoms with E-state index in [4.69, 9.17) is 9.47 Å². The Morgan fingerprint density at radius 3 is 2.50 bits per heavy atom. The van der Waals surface area contributed by atoms with Crippen LogP contribution in [0.4, 0.5) is 0 Å². The number of ether oxygens (including phenoxy) is 2. The number of hydrogen-bond acceptors (Lipinski definition) is 8. The number of phenols is 1. The number of carbonyl (C=O) groups excluding carboxylic acids is 1. The van der Waals surface area contributed by atoms with E-state index in [9.17, 15) is 23.4 Å². The quantitative estimate of drug-likeness (QED) is 0.270. The minimum Gasteiger partial charge on any atom is -0.507 e. The molecule has 2 heterocycles. The number of aromatic nitrogens is 1. The number of amides is 1. The van der Waals surface area contributed by atoms with Crippen molar-refractivity contribution in [2.75, 3.05) is 46.6 Å². The lowest BCUT2D eigenvalue weighted by atomic mass is 9.88. The molecule has 1 atom stereocenters. The number of nitrogens with zero attached hydrogens (tertiary/aromatic N) is 2. The molecule has 1 saturated heterocycles. The highest BCUT2D eigenvalue weighted by molar-refractivity contribution is 7.90. The number of carbonyl (C=O) groups is 1. The molecular weight excluding hydrogens is 558 g/mol. The van der Waals surface area contributed by atoms with Gasteiger partial charge in [-0.2, -0.15) is 0 Å². The van der Waals surface area contributed by atoms with Crippen LogP contribution in [0.25, 0.3) is 11.3 Å². The first-order valence-corrected chi connectivity index (χ1v) is 15.4. The van der Waals surface area contributed by atoms with E-state index in [0.717, 1.165) is 22.4 Å². The van der Waals surface area contributed by atoms with E-state index < -0.39 is 27.3 Å². The first-order valence-electron chi connectivity index (χ1n) is 14.0. The first-order chi connectivity index (χ1) is 20.1. The van der Waals surface area contributed by atoms with Gasteiger partial charge in [0.1, 0.15) is 17.1 Å². The fourth-order valence-electron chi connectivity index (χ4n) is 5.10. The van der Waals surface area contributed by atoms with Crippen molar-refractivity contribution in [2.24, 2.45) is 0 Å².